The topological polar surface area (TPSA) is 48.0 Å². The number of rotatable bonds is 8. The highest BCUT2D eigenvalue weighted by Crippen LogP contribution is 2.40. The van der Waals surface area contributed by atoms with Gasteiger partial charge < -0.3 is 19.1 Å². The van der Waals surface area contributed by atoms with Gasteiger partial charge in [-0.3, -0.25) is 4.79 Å². The maximum absolute atomic E-state index is 13.7. The van der Waals surface area contributed by atoms with Crippen molar-refractivity contribution in [2.24, 2.45) is 0 Å². The Morgan fingerprint density at radius 3 is 2.44 bits per heavy atom. The number of methoxy groups -OCH3 is 2. The van der Waals surface area contributed by atoms with Gasteiger partial charge in [-0.1, -0.05) is 18.2 Å². The third kappa shape index (κ3) is 3.88. The van der Waals surface area contributed by atoms with Crippen molar-refractivity contribution in [1.29, 1.82) is 0 Å². The predicted molar refractivity (Wildman–Crippen MR) is 94.7 cm³/mol. The van der Waals surface area contributed by atoms with Gasteiger partial charge in [0.15, 0.2) is 23.1 Å². The molecule has 1 fully saturated rings. The molecule has 1 aliphatic heterocycles. The zero-order chi connectivity index (χ0) is 19.4. The first kappa shape index (κ1) is 19.1. The van der Waals surface area contributed by atoms with Crippen molar-refractivity contribution in [3.63, 3.8) is 0 Å². The minimum absolute atomic E-state index is 0.216. The SMILES string of the molecule is COCCCN1C(=O)[C@@H](Oc2ccccc2OC)[C@H]1c1ccc(F)c(F)c1. The molecule has 7 heteroatoms. The van der Waals surface area contributed by atoms with Crippen LogP contribution < -0.4 is 9.47 Å². The van der Waals surface area contributed by atoms with E-state index in [0.29, 0.717) is 36.6 Å². The number of β-lactam (4-membered cyclic amide) rings is 1. The summed E-state index contributed by atoms with van der Waals surface area (Å²) < 4.78 is 43.3. The Kier molecular flexibility index (Phi) is 5.91. The van der Waals surface area contributed by atoms with Crippen molar-refractivity contribution in [2.45, 2.75) is 18.6 Å². The monoisotopic (exact) mass is 377 g/mol. The van der Waals surface area contributed by atoms with Gasteiger partial charge in [-0.15, -0.1) is 0 Å². The smallest absolute Gasteiger partial charge is 0.266 e. The molecule has 5 nitrogen and oxygen atoms in total. The highest BCUT2D eigenvalue weighted by atomic mass is 19.2. The van der Waals surface area contributed by atoms with Gasteiger partial charge in [-0.2, -0.15) is 0 Å². The van der Waals surface area contributed by atoms with Crippen LogP contribution in [0, 0.1) is 11.6 Å². The van der Waals surface area contributed by atoms with Crippen LogP contribution in [-0.4, -0.2) is 44.3 Å². The van der Waals surface area contributed by atoms with Crippen molar-refractivity contribution >= 4 is 5.91 Å². The lowest BCUT2D eigenvalue weighted by atomic mass is 9.90. The summed E-state index contributed by atoms with van der Waals surface area (Å²) in [4.78, 5) is 14.2. The lowest BCUT2D eigenvalue weighted by Crippen LogP contribution is -2.61. The van der Waals surface area contributed by atoms with Crippen LogP contribution >= 0.6 is 0 Å². The first-order valence-electron chi connectivity index (χ1n) is 8.61. The highest BCUT2D eigenvalue weighted by molar-refractivity contribution is 5.89. The average Bonchev–Trinajstić information content (AvgIpc) is 2.68. The zero-order valence-electron chi connectivity index (χ0n) is 15.2. The van der Waals surface area contributed by atoms with Gasteiger partial charge in [0.1, 0.15) is 6.04 Å². The second-order valence-corrected chi connectivity index (χ2v) is 6.19. The van der Waals surface area contributed by atoms with Gasteiger partial charge >= 0.3 is 0 Å². The second kappa shape index (κ2) is 8.35. The van der Waals surface area contributed by atoms with E-state index in [9.17, 15) is 13.6 Å². The number of benzene rings is 2. The Balaban J connectivity index is 1.86. The molecule has 0 radical (unpaired) electrons. The summed E-state index contributed by atoms with van der Waals surface area (Å²) in [6, 6.07) is 10.1. The summed E-state index contributed by atoms with van der Waals surface area (Å²) in [5, 5.41) is 0. The minimum atomic E-state index is -0.959. The Hall–Kier alpha value is -2.67. The van der Waals surface area contributed by atoms with E-state index < -0.39 is 23.8 Å². The van der Waals surface area contributed by atoms with E-state index in [0.717, 1.165) is 12.1 Å². The lowest BCUT2D eigenvalue weighted by molar-refractivity contribution is -0.164. The Bertz CT molecular complexity index is 814. The number of hydrogen-bond acceptors (Lipinski definition) is 4. The number of ether oxygens (including phenoxy) is 3. The molecule has 144 valence electrons. The fourth-order valence-electron chi connectivity index (χ4n) is 3.16. The van der Waals surface area contributed by atoms with E-state index in [1.54, 1.807) is 36.3 Å². The number of amides is 1. The zero-order valence-corrected chi connectivity index (χ0v) is 15.2. The summed E-state index contributed by atoms with van der Waals surface area (Å²) in [5.74, 6) is -1.20. The predicted octanol–water partition coefficient (Wildman–Crippen LogP) is 3.34. The van der Waals surface area contributed by atoms with Crippen LogP contribution in [0.2, 0.25) is 0 Å². The number of likely N-dealkylation sites (tertiary alicyclic amines) is 1. The van der Waals surface area contributed by atoms with E-state index in [2.05, 4.69) is 0 Å². The summed E-state index contributed by atoms with van der Waals surface area (Å²) >= 11 is 0. The van der Waals surface area contributed by atoms with Crippen LogP contribution in [0.3, 0.4) is 0 Å². The first-order valence-corrected chi connectivity index (χ1v) is 8.61. The van der Waals surface area contributed by atoms with E-state index in [-0.39, 0.29) is 5.91 Å². The van der Waals surface area contributed by atoms with Gasteiger partial charge in [-0.25, -0.2) is 8.78 Å². The van der Waals surface area contributed by atoms with E-state index in [1.165, 1.54) is 13.2 Å². The summed E-state index contributed by atoms with van der Waals surface area (Å²) in [6.07, 6.45) is -0.210. The van der Waals surface area contributed by atoms with E-state index >= 15 is 0 Å². The number of para-hydroxylation sites is 2. The van der Waals surface area contributed by atoms with Crippen LogP contribution in [0.5, 0.6) is 11.5 Å². The van der Waals surface area contributed by atoms with Crippen LogP contribution in [0.4, 0.5) is 8.78 Å². The second-order valence-electron chi connectivity index (χ2n) is 6.19. The number of halogens is 2. The quantitative estimate of drug-likeness (QED) is 0.523. The molecule has 2 atom stereocenters. The molecule has 1 aliphatic rings. The third-order valence-electron chi connectivity index (χ3n) is 4.50. The molecule has 0 aliphatic carbocycles. The first-order chi connectivity index (χ1) is 13.1. The molecule has 1 amide bonds. The lowest BCUT2D eigenvalue weighted by Gasteiger charge is -2.47. The number of carbonyl (C=O) groups excluding carboxylic acids is 1. The van der Waals surface area contributed by atoms with Gasteiger partial charge in [-0.05, 0) is 36.2 Å². The van der Waals surface area contributed by atoms with Crippen LogP contribution in [-0.2, 0) is 9.53 Å². The summed E-state index contributed by atoms with van der Waals surface area (Å²) in [7, 11) is 3.09. The van der Waals surface area contributed by atoms with Gasteiger partial charge in [0.05, 0.1) is 7.11 Å². The summed E-state index contributed by atoms with van der Waals surface area (Å²) in [5.41, 5.74) is 0.478. The van der Waals surface area contributed by atoms with Gasteiger partial charge in [0.2, 0.25) is 6.10 Å². The fourth-order valence-corrected chi connectivity index (χ4v) is 3.16. The molecular weight excluding hydrogens is 356 g/mol. The highest BCUT2D eigenvalue weighted by Gasteiger charge is 2.50. The molecule has 0 bridgehead atoms. The Labute approximate surface area is 156 Å². The Morgan fingerprint density at radius 2 is 1.78 bits per heavy atom. The molecule has 2 aromatic carbocycles. The van der Waals surface area contributed by atoms with Crippen molar-refractivity contribution in [2.75, 3.05) is 27.4 Å². The molecule has 0 N–H and O–H groups in total. The van der Waals surface area contributed by atoms with Crippen molar-refractivity contribution < 1.29 is 27.8 Å². The molecule has 0 aromatic heterocycles. The molecule has 0 saturated carbocycles. The molecule has 2 aromatic rings. The number of hydrogen-bond donors (Lipinski definition) is 0. The van der Waals surface area contributed by atoms with E-state index in [4.69, 9.17) is 14.2 Å². The van der Waals surface area contributed by atoms with Gasteiger partial charge in [0.25, 0.3) is 5.91 Å². The van der Waals surface area contributed by atoms with Crippen molar-refractivity contribution in [3.8, 4) is 11.5 Å². The van der Waals surface area contributed by atoms with Crippen LogP contribution in [0.25, 0.3) is 0 Å². The molecule has 1 heterocycles. The maximum atomic E-state index is 13.7. The van der Waals surface area contributed by atoms with Gasteiger partial charge in [0, 0.05) is 20.3 Å². The molecule has 0 unspecified atom stereocenters. The fraction of sp³-hybridized carbons (Fsp3) is 0.350. The largest absolute Gasteiger partial charge is 0.493 e. The number of nitrogens with zero attached hydrogens (tertiary/aromatic N) is 1. The Morgan fingerprint density at radius 1 is 1.04 bits per heavy atom. The maximum Gasteiger partial charge on any atom is 0.266 e. The standard InChI is InChI=1S/C20H21F2NO4/c1-25-11-5-10-23-18(13-8-9-14(21)15(22)12-13)19(20(23)24)27-17-7-4-3-6-16(17)26-2/h3-4,6-9,12,18-19H,5,10-11H2,1-2H3/t18-,19+/m1/s1. The van der Waals surface area contributed by atoms with Crippen LogP contribution in [0.1, 0.15) is 18.0 Å². The molecule has 0 spiro atoms. The minimum Gasteiger partial charge on any atom is -0.493 e. The number of carbonyl (C=O) groups is 1. The van der Waals surface area contributed by atoms with Crippen molar-refractivity contribution in [3.05, 3.63) is 59.7 Å². The summed E-state index contributed by atoms with van der Waals surface area (Å²) in [6.45, 7) is 0.925. The van der Waals surface area contributed by atoms with Crippen molar-refractivity contribution in [1.82, 2.24) is 4.90 Å². The third-order valence-corrected chi connectivity index (χ3v) is 4.50. The molecule has 1 saturated heterocycles. The normalized spacial score (nSPS) is 19.0. The average molecular weight is 377 g/mol. The molecular formula is C20H21F2NO4. The molecule has 27 heavy (non-hydrogen) atoms. The molecule has 3 rings (SSSR count). The van der Waals surface area contributed by atoms with Crippen LogP contribution in [0.15, 0.2) is 42.5 Å². The van der Waals surface area contributed by atoms with E-state index in [1.807, 2.05) is 0 Å².